The third-order valence-corrected chi connectivity index (χ3v) is 2.66. The van der Waals surface area contributed by atoms with Gasteiger partial charge in [-0.05, 0) is 36.2 Å². The fraction of sp³-hybridized carbons (Fsp3) is 0.214. The topological polar surface area (TPSA) is 48.1 Å². The van der Waals surface area contributed by atoms with Crippen LogP contribution in [0.15, 0.2) is 36.5 Å². The molecule has 1 aromatic heterocycles. The molecule has 2 aromatic rings. The molecule has 0 unspecified atom stereocenters. The zero-order chi connectivity index (χ0) is 13.0. The second-order valence-electron chi connectivity index (χ2n) is 4.05. The molecule has 0 atom stereocenters. The van der Waals surface area contributed by atoms with Gasteiger partial charge < -0.3 is 10.5 Å². The summed E-state index contributed by atoms with van der Waals surface area (Å²) in [6.07, 6.45) is 1.71. The van der Waals surface area contributed by atoms with Gasteiger partial charge in [-0.2, -0.15) is 0 Å². The first-order valence-electron chi connectivity index (χ1n) is 5.72. The number of nitrogens with two attached hydrogens (primary N) is 1. The molecule has 4 heteroatoms. The highest BCUT2D eigenvalue weighted by molar-refractivity contribution is 5.30. The van der Waals surface area contributed by atoms with Crippen LogP contribution in [0.25, 0.3) is 0 Å². The zero-order valence-electron chi connectivity index (χ0n) is 10.2. The lowest BCUT2D eigenvalue weighted by Gasteiger charge is -2.09. The van der Waals surface area contributed by atoms with Crippen molar-refractivity contribution in [1.82, 2.24) is 4.98 Å². The molecule has 0 aliphatic rings. The van der Waals surface area contributed by atoms with Gasteiger partial charge in [-0.15, -0.1) is 0 Å². The van der Waals surface area contributed by atoms with E-state index in [0.29, 0.717) is 17.9 Å². The number of hydrogen-bond donors (Lipinski definition) is 1. The molecule has 0 saturated carbocycles. The van der Waals surface area contributed by atoms with E-state index in [4.69, 9.17) is 10.5 Å². The van der Waals surface area contributed by atoms with Crippen molar-refractivity contribution in [3.63, 3.8) is 0 Å². The minimum atomic E-state index is -0.342. The molecule has 0 fully saturated rings. The van der Waals surface area contributed by atoms with Crippen molar-refractivity contribution in [2.24, 2.45) is 5.73 Å². The van der Waals surface area contributed by atoms with Crippen LogP contribution in [0.5, 0.6) is 5.75 Å². The highest BCUT2D eigenvalue weighted by Gasteiger charge is 2.03. The Labute approximate surface area is 105 Å². The lowest BCUT2D eigenvalue weighted by atomic mass is 10.2. The molecular weight excluding hydrogens is 231 g/mol. The van der Waals surface area contributed by atoms with E-state index >= 15 is 0 Å². The van der Waals surface area contributed by atoms with Gasteiger partial charge in [0.05, 0.1) is 5.69 Å². The number of hydrogen-bond acceptors (Lipinski definition) is 3. The molecule has 18 heavy (non-hydrogen) atoms. The molecule has 0 aliphatic heterocycles. The van der Waals surface area contributed by atoms with Crippen LogP contribution >= 0.6 is 0 Å². The van der Waals surface area contributed by atoms with Crippen LogP contribution in [0.1, 0.15) is 16.8 Å². The second kappa shape index (κ2) is 5.60. The van der Waals surface area contributed by atoms with Crippen LogP contribution in [-0.2, 0) is 13.2 Å². The molecule has 94 valence electrons. The van der Waals surface area contributed by atoms with Crippen molar-refractivity contribution < 1.29 is 9.13 Å². The molecular formula is C14H15FN2O. The van der Waals surface area contributed by atoms with E-state index in [1.165, 1.54) is 12.1 Å². The predicted molar refractivity (Wildman–Crippen MR) is 67.6 cm³/mol. The van der Waals surface area contributed by atoms with Crippen LogP contribution in [0.3, 0.4) is 0 Å². The van der Waals surface area contributed by atoms with Gasteiger partial charge in [0.15, 0.2) is 0 Å². The fourth-order valence-electron chi connectivity index (χ4n) is 1.64. The van der Waals surface area contributed by atoms with Gasteiger partial charge in [0.1, 0.15) is 18.2 Å². The number of halogens is 1. The third kappa shape index (κ3) is 3.05. The standard InChI is InChI=1S/C14H15FN2O/c1-10-3-2-4-17-14(10)9-18-13-6-11(8-16)5-12(15)7-13/h2-7H,8-9,16H2,1H3. The van der Waals surface area contributed by atoms with E-state index in [9.17, 15) is 4.39 Å². The molecule has 0 amide bonds. The van der Waals surface area contributed by atoms with Crippen molar-refractivity contribution in [1.29, 1.82) is 0 Å². The van der Waals surface area contributed by atoms with Crippen LogP contribution in [0.4, 0.5) is 4.39 Å². The molecule has 0 spiro atoms. The van der Waals surface area contributed by atoms with Gasteiger partial charge in [-0.3, -0.25) is 4.98 Å². The van der Waals surface area contributed by atoms with Gasteiger partial charge in [0, 0.05) is 18.8 Å². The number of aryl methyl sites for hydroxylation is 1. The van der Waals surface area contributed by atoms with Gasteiger partial charge in [-0.1, -0.05) is 6.07 Å². The first-order valence-corrected chi connectivity index (χ1v) is 5.72. The van der Waals surface area contributed by atoms with Crippen LogP contribution in [0, 0.1) is 12.7 Å². The number of benzene rings is 1. The van der Waals surface area contributed by atoms with Crippen molar-refractivity contribution >= 4 is 0 Å². The highest BCUT2D eigenvalue weighted by Crippen LogP contribution is 2.17. The molecule has 1 aromatic carbocycles. The number of rotatable bonds is 4. The van der Waals surface area contributed by atoms with Crippen LogP contribution < -0.4 is 10.5 Å². The van der Waals surface area contributed by atoms with Crippen molar-refractivity contribution in [3.05, 3.63) is 59.2 Å². The van der Waals surface area contributed by atoms with Crippen molar-refractivity contribution in [2.75, 3.05) is 0 Å². The van der Waals surface area contributed by atoms with E-state index in [0.717, 1.165) is 11.3 Å². The maximum atomic E-state index is 13.3. The van der Waals surface area contributed by atoms with Crippen molar-refractivity contribution in [2.45, 2.75) is 20.1 Å². The molecule has 0 saturated heterocycles. The molecule has 0 aliphatic carbocycles. The molecule has 0 radical (unpaired) electrons. The third-order valence-electron chi connectivity index (χ3n) is 2.66. The fourth-order valence-corrected chi connectivity index (χ4v) is 1.64. The number of pyridine rings is 1. The first-order chi connectivity index (χ1) is 8.69. The van der Waals surface area contributed by atoms with Gasteiger partial charge in [0.2, 0.25) is 0 Å². The molecule has 3 nitrogen and oxygen atoms in total. The van der Waals surface area contributed by atoms with Gasteiger partial charge in [-0.25, -0.2) is 4.39 Å². The maximum absolute atomic E-state index is 13.3. The summed E-state index contributed by atoms with van der Waals surface area (Å²) in [6, 6.07) is 8.31. The molecule has 2 N–H and O–H groups in total. The summed E-state index contributed by atoms with van der Waals surface area (Å²) in [6.45, 7) is 2.57. The summed E-state index contributed by atoms with van der Waals surface area (Å²) in [5.74, 6) is 0.131. The Balaban J connectivity index is 2.11. The highest BCUT2D eigenvalue weighted by atomic mass is 19.1. The Kier molecular flexibility index (Phi) is 3.89. The monoisotopic (exact) mass is 246 g/mol. The molecule has 2 rings (SSSR count). The minimum absolute atomic E-state index is 0.288. The van der Waals surface area contributed by atoms with E-state index in [1.54, 1.807) is 12.3 Å². The molecule has 0 bridgehead atoms. The average molecular weight is 246 g/mol. The van der Waals surface area contributed by atoms with Gasteiger partial charge in [0.25, 0.3) is 0 Å². The largest absolute Gasteiger partial charge is 0.487 e. The smallest absolute Gasteiger partial charge is 0.130 e. The lowest BCUT2D eigenvalue weighted by Crippen LogP contribution is -2.02. The van der Waals surface area contributed by atoms with Gasteiger partial charge >= 0.3 is 0 Å². The number of ether oxygens (including phenoxy) is 1. The summed E-state index contributed by atoms with van der Waals surface area (Å²) in [5.41, 5.74) is 8.09. The Morgan fingerprint density at radius 3 is 2.89 bits per heavy atom. The average Bonchev–Trinajstić information content (AvgIpc) is 2.37. The predicted octanol–water partition coefficient (Wildman–Crippen LogP) is 2.57. The first kappa shape index (κ1) is 12.5. The Morgan fingerprint density at radius 1 is 1.33 bits per heavy atom. The SMILES string of the molecule is Cc1cccnc1COc1cc(F)cc(CN)c1. The Hall–Kier alpha value is -1.94. The summed E-state index contributed by atoms with van der Waals surface area (Å²) >= 11 is 0. The van der Waals surface area contributed by atoms with E-state index < -0.39 is 0 Å². The maximum Gasteiger partial charge on any atom is 0.130 e. The number of nitrogens with zero attached hydrogens (tertiary/aromatic N) is 1. The quantitative estimate of drug-likeness (QED) is 0.902. The van der Waals surface area contributed by atoms with E-state index in [-0.39, 0.29) is 12.4 Å². The number of aromatic nitrogens is 1. The summed E-state index contributed by atoms with van der Waals surface area (Å²) in [5, 5.41) is 0. The second-order valence-corrected chi connectivity index (χ2v) is 4.05. The van der Waals surface area contributed by atoms with Crippen LogP contribution in [-0.4, -0.2) is 4.98 Å². The van der Waals surface area contributed by atoms with Crippen molar-refractivity contribution in [3.8, 4) is 5.75 Å². The zero-order valence-corrected chi connectivity index (χ0v) is 10.2. The van der Waals surface area contributed by atoms with E-state index in [1.807, 2.05) is 19.1 Å². The Bertz CT molecular complexity index is 543. The summed E-state index contributed by atoms with van der Waals surface area (Å²) in [7, 11) is 0. The lowest BCUT2D eigenvalue weighted by molar-refractivity contribution is 0.298. The van der Waals surface area contributed by atoms with E-state index in [2.05, 4.69) is 4.98 Å². The Morgan fingerprint density at radius 2 is 2.17 bits per heavy atom. The summed E-state index contributed by atoms with van der Waals surface area (Å²) < 4.78 is 18.8. The normalized spacial score (nSPS) is 10.4. The van der Waals surface area contributed by atoms with Crippen LogP contribution in [0.2, 0.25) is 0 Å². The minimum Gasteiger partial charge on any atom is -0.487 e. The summed E-state index contributed by atoms with van der Waals surface area (Å²) in [4.78, 5) is 4.21. The molecule has 1 heterocycles.